The van der Waals surface area contributed by atoms with Crippen LogP contribution in [0.2, 0.25) is 0 Å². The van der Waals surface area contributed by atoms with Gasteiger partial charge in [-0.05, 0) is 17.7 Å². The normalized spacial score (nSPS) is 10.9. The van der Waals surface area contributed by atoms with Crippen molar-refractivity contribution in [3.05, 3.63) is 96.1 Å². The van der Waals surface area contributed by atoms with Gasteiger partial charge in [-0.15, -0.1) is 10.2 Å². The first kappa shape index (κ1) is 22.3. The molecule has 3 aromatic carbocycles. The lowest BCUT2D eigenvalue weighted by Crippen LogP contribution is -2.20. The summed E-state index contributed by atoms with van der Waals surface area (Å²) in [7, 11) is 1.88. The monoisotopic (exact) mass is 457 g/mol. The van der Waals surface area contributed by atoms with Gasteiger partial charge in [-0.2, -0.15) is 5.10 Å². The predicted octanol–water partition coefficient (Wildman–Crippen LogP) is 4.30. The molecule has 0 radical (unpaired) electrons. The lowest BCUT2D eigenvalue weighted by molar-refractivity contribution is -0.118. The van der Waals surface area contributed by atoms with Crippen molar-refractivity contribution >= 4 is 23.9 Å². The fourth-order valence-electron chi connectivity index (χ4n) is 3.07. The molecular formula is C25H23N5O2S. The third-order valence-electron chi connectivity index (χ3n) is 4.75. The Hall–Kier alpha value is -3.91. The molecule has 1 amide bonds. The van der Waals surface area contributed by atoms with E-state index in [1.165, 1.54) is 11.8 Å². The molecule has 0 unspecified atom stereocenters. The maximum atomic E-state index is 12.3. The molecule has 33 heavy (non-hydrogen) atoms. The molecular weight excluding hydrogens is 434 g/mol. The number of para-hydroxylation sites is 1. The van der Waals surface area contributed by atoms with Crippen molar-refractivity contribution in [2.45, 2.75) is 11.8 Å². The van der Waals surface area contributed by atoms with Crippen LogP contribution in [0.5, 0.6) is 5.75 Å². The number of nitrogens with zero attached hydrogens (tertiary/aromatic N) is 4. The minimum atomic E-state index is -0.233. The van der Waals surface area contributed by atoms with Crippen molar-refractivity contribution in [2.24, 2.45) is 12.1 Å². The summed E-state index contributed by atoms with van der Waals surface area (Å²) in [6.45, 7) is 0.456. The lowest BCUT2D eigenvalue weighted by Gasteiger charge is -2.09. The van der Waals surface area contributed by atoms with Crippen LogP contribution in [-0.4, -0.2) is 32.6 Å². The number of thioether (sulfide) groups is 1. The van der Waals surface area contributed by atoms with Gasteiger partial charge in [0.15, 0.2) is 11.0 Å². The number of carbonyl (C=O) groups excluding carboxylic acids is 1. The maximum Gasteiger partial charge on any atom is 0.250 e. The smallest absolute Gasteiger partial charge is 0.250 e. The fourth-order valence-corrected chi connectivity index (χ4v) is 3.77. The van der Waals surface area contributed by atoms with Crippen LogP contribution in [0.3, 0.4) is 0 Å². The van der Waals surface area contributed by atoms with E-state index in [0.717, 1.165) is 22.5 Å². The molecule has 4 aromatic rings. The molecule has 0 aliphatic carbocycles. The second-order valence-corrected chi connectivity index (χ2v) is 8.07. The number of carbonyl (C=O) groups is 1. The zero-order chi connectivity index (χ0) is 22.9. The molecule has 1 aromatic heterocycles. The third-order valence-corrected chi connectivity index (χ3v) is 5.77. The predicted molar refractivity (Wildman–Crippen MR) is 130 cm³/mol. The molecule has 1 N–H and O–H groups in total. The molecule has 0 saturated carbocycles. The molecule has 0 aliphatic rings. The number of hydrazone groups is 1. The molecule has 0 spiro atoms. The highest BCUT2D eigenvalue weighted by atomic mass is 32.2. The first-order chi connectivity index (χ1) is 16.2. The van der Waals surface area contributed by atoms with E-state index in [1.54, 1.807) is 6.21 Å². The topological polar surface area (TPSA) is 81.4 Å². The quantitative estimate of drug-likeness (QED) is 0.230. The Morgan fingerprint density at radius 1 is 1.00 bits per heavy atom. The SMILES string of the molecule is Cn1c(SCC(=O)NN=Cc2ccccc2OCc2ccccc2)nnc1-c1ccccc1. The summed E-state index contributed by atoms with van der Waals surface area (Å²) >= 11 is 1.30. The summed E-state index contributed by atoms with van der Waals surface area (Å²) in [6.07, 6.45) is 1.58. The van der Waals surface area contributed by atoms with E-state index in [-0.39, 0.29) is 11.7 Å². The second-order valence-electron chi connectivity index (χ2n) is 7.13. The van der Waals surface area contributed by atoms with Gasteiger partial charge in [-0.3, -0.25) is 4.79 Å². The van der Waals surface area contributed by atoms with Gasteiger partial charge in [0.1, 0.15) is 12.4 Å². The highest BCUT2D eigenvalue weighted by Crippen LogP contribution is 2.22. The van der Waals surface area contributed by atoms with Crippen molar-refractivity contribution in [3.8, 4) is 17.1 Å². The van der Waals surface area contributed by atoms with E-state index in [9.17, 15) is 4.79 Å². The van der Waals surface area contributed by atoms with E-state index in [2.05, 4.69) is 20.7 Å². The Morgan fingerprint density at radius 3 is 2.48 bits per heavy atom. The van der Waals surface area contributed by atoms with Gasteiger partial charge >= 0.3 is 0 Å². The first-order valence-electron chi connectivity index (χ1n) is 10.4. The largest absolute Gasteiger partial charge is 0.488 e. The highest BCUT2D eigenvalue weighted by molar-refractivity contribution is 7.99. The lowest BCUT2D eigenvalue weighted by atomic mass is 10.2. The molecule has 166 valence electrons. The second kappa shape index (κ2) is 11.1. The Labute approximate surface area is 196 Å². The molecule has 1 heterocycles. The summed E-state index contributed by atoms with van der Waals surface area (Å²) in [5.41, 5.74) is 5.39. The van der Waals surface area contributed by atoms with E-state index in [4.69, 9.17) is 4.74 Å². The minimum absolute atomic E-state index is 0.171. The van der Waals surface area contributed by atoms with Crippen LogP contribution in [0.1, 0.15) is 11.1 Å². The Balaban J connectivity index is 1.30. The summed E-state index contributed by atoms with van der Waals surface area (Å²) < 4.78 is 7.78. The number of hydrogen-bond acceptors (Lipinski definition) is 6. The van der Waals surface area contributed by atoms with Gasteiger partial charge in [0, 0.05) is 18.2 Å². The van der Waals surface area contributed by atoms with E-state index >= 15 is 0 Å². The van der Waals surface area contributed by atoms with Crippen LogP contribution < -0.4 is 10.2 Å². The van der Waals surface area contributed by atoms with Gasteiger partial charge in [0.25, 0.3) is 5.91 Å². The van der Waals surface area contributed by atoms with Crippen LogP contribution in [-0.2, 0) is 18.4 Å². The fraction of sp³-hybridized carbons (Fsp3) is 0.120. The van der Waals surface area contributed by atoms with Crippen LogP contribution in [0.25, 0.3) is 11.4 Å². The zero-order valence-corrected chi connectivity index (χ0v) is 18.9. The molecule has 0 aliphatic heterocycles. The highest BCUT2D eigenvalue weighted by Gasteiger charge is 2.12. The van der Waals surface area contributed by atoms with Gasteiger partial charge in [-0.25, -0.2) is 5.43 Å². The standard InChI is InChI=1S/C25H23N5O2S/c1-30-24(20-12-6-3-7-13-20)28-29-25(30)33-18-23(31)27-26-16-21-14-8-9-15-22(21)32-17-19-10-4-2-5-11-19/h2-16H,17-18H2,1H3,(H,27,31). The summed E-state index contributed by atoms with van der Waals surface area (Å²) in [4.78, 5) is 12.3. The Morgan fingerprint density at radius 2 is 1.70 bits per heavy atom. The molecule has 0 bridgehead atoms. The number of nitrogens with one attached hydrogen (secondary N) is 1. The van der Waals surface area contributed by atoms with Gasteiger partial charge in [0.2, 0.25) is 0 Å². The van der Waals surface area contributed by atoms with Crippen LogP contribution in [0.4, 0.5) is 0 Å². The Bertz CT molecular complexity index is 1230. The average molecular weight is 458 g/mol. The molecule has 7 nitrogen and oxygen atoms in total. The third kappa shape index (κ3) is 6.08. The number of ether oxygens (including phenoxy) is 1. The first-order valence-corrected chi connectivity index (χ1v) is 11.3. The van der Waals surface area contributed by atoms with E-state index in [0.29, 0.717) is 17.5 Å². The molecule has 0 fully saturated rings. The van der Waals surface area contributed by atoms with E-state index in [1.807, 2.05) is 96.5 Å². The summed E-state index contributed by atoms with van der Waals surface area (Å²) in [5, 5.41) is 13.2. The van der Waals surface area contributed by atoms with Crippen molar-refractivity contribution in [3.63, 3.8) is 0 Å². The van der Waals surface area contributed by atoms with Crippen molar-refractivity contribution in [1.29, 1.82) is 0 Å². The molecule has 4 rings (SSSR count). The van der Waals surface area contributed by atoms with Gasteiger partial charge in [0.05, 0.1) is 12.0 Å². The van der Waals surface area contributed by atoms with E-state index < -0.39 is 0 Å². The number of benzene rings is 3. The summed E-state index contributed by atoms with van der Waals surface area (Å²) in [5.74, 6) is 1.39. The van der Waals surface area contributed by atoms with Crippen LogP contribution in [0, 0.1) is 0 Å². The maximum absolute atomic E-state index is 12.3. The number of aromatic nitrogens is 3. The van der Waals surface area contributed by atoms with Gasteiger partial charge < -0.3 is 9.30 Å². The summed E-state index contributed by atoms with van der Waals surface area (Å²) in [6, 6.07) is 27.3. The number of amides is 1. The average Bonchev–Trinajstić information content (AvgIpc) is 3.23. The Kier molecular flexibility index (Phi) is 7.50. The van der Waals surface area contributed by atoms with Crippen molar-refractivity contribution < 1.29 is 9.53 Å². The zero-order valence-electron chi connectivity index (χ0n) is 18.1. The minimum Gasteiger partial charge on any atom is -0.488 e. The molecule has 8 heteroatoms. The molecule has 0 atom stereocenters. The number of rotatable bonds is 9. The van der Waals surface area contributed by atoms with Gasteiger partial charge in [-0.1, -0.05) is 84.6 Å². The molecule has 0 saturated heterocycles. The number of hydrogen-bond donors (Lipinski definition) is 1. The van der Waals surface area contributed by atoms with Crippen LogP contribution in [0.15, 0.2) is 95.2 Å². The van der Waals surface area contributed by atoms with Crippen molar-refractivity contribution in [2.75, 3.05) is 5.75 Å². The van der Waals surface area contributed by atoms with Crippen LogP contribution >= 0.6 is 11.8 Å². The van der Waals surface area contributed by atoms with Crippen molar-refractivity contribution in [1.82, 2.24) is 20.2 Å².